The molecule has 0 aliphatic carbocycles. The second-order valence-electron chi connectivity index (χ2n) is 5.52. The second-order valence-corrected chi connectivity index (χ2v) is 5.52. The summed E-state index contributed by atoms with van der Waals surface area (Å²) < 4.78 is 11.0. The van der Waals surface area contributed by atoms with Crippen LogP contribution in [0.3, 0.4) is 0 Å². The maximum atomic E-state index is 10.4. The number of hydrogen-bond acceptors (Lipinski definition) is 3. The zero-order valence-electron chi connectivity index (χ0n) is 12.0. The van der Waals surface area contributed by atoms with Crippen LogP contribution in [0, 0.1) is 0 Å². The van der Waals surface area contributed by atoms with Crippen LogP contribution < -0.4 is 4.74 Å². The average Bonchev–Trinajstić information content (AvgIpc) is 2.55. The SMILES string of the molecule is OC1(COc2ccc(-c3ccccc3)cc2)CCOCC1. The van der Waals surface area contributed by atoms with Gasteiger partial charge in [0.05, 0.1) is 0 Å². The minimum atomic E-state index is -0.754. The molecule has 3 nitrogen and oxygen atoms in total. The van der Waals surface area contributed by atoms with Gasteiger partial charge < -0.3 is 14.6 Å². The largest absolute Gasteiger partial charge is 0.491 e. The van der Waals surface area contributed by atoms with Crippen molar-refractivity contribution in [2.45, 2.75) is 18.4 Å². The van der Waals surface area contributed by atoms with E-state index in [1.165, 1.54) is 5.56 Å². The number of ether oxygens (including phenoxy) is 2. The second kappa shape index (κ2) is 6.29. The van der Waals surface area contributed by atoms with Gasteiger partial charge in [0.25, 0.3) is 0 Å². The van der Waals surface area contributed by atoms with E-state index in [9.17, 15) is 5.11 Å². The third-order valence-corrected chi connectivity index (χ3v) is 3.89. The molecule has 0 aromatic heterocycles. The molecule has 0 amide bonds. The lowest BCUT2D eigenvalue weighted by atomic mass is 9.96. The molecule has 1 fully saturated rings. The van der Waals surface area contributed by atoms with Crippen LogP contribution in [-0.4, -0.2) is 30.5 Å². The van der Waals surface area contributed by atoms with Crippen molar-refractivity contribution in [2.24, 2.45) is 0 Å². The van der Waals surface area contributed by atoms with Crippen LogP contribution in [0.1, 0.15) is 12.8 Å². The smallest absolute Gasteiger partial charge is 0.119 e. The summed E-state index contributed by atoms with van der Waals surface area (Å²) >= 11 is 0. The summed E-state index contributed by atoms with van der Waals surface area (Å²) in [6.45, 7) is 1.53. The van der Waals surface area contributed by atoms with Crippen molar-refractivity contribution >= 4 is 0 Å². The maximum Gasteiger partial charge on any atom is 0.119 e. The Bertz CT molecular complexity index is 557. The fourth-order valence-corrected chi connectivity index (χ4v) is 2.49. The zero-order chi connectivity index (χ0) is 14.5. The molecule has 1 heterocycles. The zero-order valence-corrected chi connectivity index (χ0v) is 12.0. The van der Waals surface area contributed by atoms with E-state index in [4.69, 9.17) is 9.47 Å². The van der Waals surface area contributed by atoms with Crippen molar-refractivity contribution in [2.75, 3.05) is 19.8 Å². The lowest BCUT2D eigenvalue weighted by Crippen LogP contribution is -2.41. The summed E-state index contributed by atoms with van der Waals surface area (Å²) in [5, 5.41) is 10.4. The standard InChI is InChI=1S/C18H20O3/c19-18(10-12-20-13-11-18)14-21-17-8-6-16(7-9-17)15-4-2-1-3-5-15/h1-9,19H,10-14H2. The Balaban J connectivity index is 1.62. The first-order valence-electron chi connectivity index (χ1n) is 7.34. The van der Waals surface area contributed by atoms with Crippen molar-refractivity contribution in [1.82, 2.24) is 0 Å². The van der Waals surface area contributed by atoms with Crippen LogP contribution in [0.4, 0.5) is 0 Å². The van der Waals surface area contributed by atoms with E-state index in [0.717, 1.165) is 11.3 Å². The van der Waals surface area contributed by atoms with Crippen molar-refractivity contribution in [3.8, 4) is 16.9 Å². The van der Waals surface area contributed by atoms with Crippen molar-refractivity contribution in [3.63, 3.8) is 0 Å². The minimum absolute atomic E-state index is 0.320. The van der Waals surface area contributed by atoms with Gasteiger partial charge in [-0.2, -0.15) is 0 Å². The molecule has 1 saturated heterocycles. The third-order valence-electron chi connectivity index (χ3n) is 3.89. The molecule has 1 aliphatic rings. The molecule has 2 aromatic carbocycles. The molecule has 110 valence electrons. The van der Waals surface area contributed by atoms with Gasteiger partial charge in [-0.05, 0) is 23.3 Å². The van der Waals surface area contributed by atoms with Gasteiger partial charge in [0, 0.05) is 26.1 Å². The summed E-state index contributed by atoms with van der Waals surface area (Å²) in [6, 6.07) is 18.2. The van der Waals surface area contributed by atoms with Gasteiger partial charge >= 0.3 is 0 Å². The highest BCUT2D eigenvalue weighted by Gasteiger charge is 2.30. The predicted octanol–water partition coefficient (Wildman–Crippen LogP) is 3.27. The van der Waals surface area contributed by atoms with Gasteiger partial charge in [0.15, 0.2) is 0 Å². The van der Waals surface area contributed by atoms with Crippen LogP contribution in [0.2, 0.25) is 0 Å². The van der Waals surface area contributed by atoms with E-state index in [1.807, 2.05) is 42.5 Å². The molecular formula is C18H20O3. The summed E-state index contributed by atoms with van der Waals surface area (Å²) in [5.41, 5.74) is 1.59. The first-order valence-corrected chi connectivity index (χ1v) is 7.34. The van der Waals surface area contributed by atoms with Gasteiger partial charge in [-0.1, -0.05) is 42.5 Å². The Morgan fingerprint density at radius 1 is 0.905 bits per heavy atom. The van der Waals surface area contributed by atoms with Crippen molar-refractivity contribution in [3.05, 3.63) is 54.6 Å². The van der Waals surface area contributed by atoms with E-state index in [1.54, 1.807) is 0 Å². The summed E-state index contributed by atoms with van der Waals surface area (Å²) in [5.74, 6) is 0.787. The molecular weight excluding hydrogens is 264 g/mol. The van der Waals surface area contributed by atoms with Crippen LogP contribution in [0.25, 0.3) is 11.1 Å². The molecule has 1 N–H and O–H groups in total. The quantitative estimate of drug-likeness (QED) is 0.936. The maximum absolute atomic E-state index is 10.4. The molecule has 3 heteroatoms. The number of aliphatic hydroxyl groups is 1. The van der Waals surface area contributed by atoms with Crippen LogP contribution in [0.15, 0.2) is 54.6 Å². The fraction of sp³-hybridized carbons (Fsp3) is 0.333. The lowest BCUT2D eigenvalue weighted by molar-refractivity contribution is -0.0855. The normalized spacial score (nSPS) is 17.4. The third kappa shape index (κ3) is 3.63. The minimum Gasteiger partial charge on any atom is -0.491 e. The Kier molecular flexibility index (Phi) is 4.23. The molecule has 0 bridgehead atoms. The van der Waals surface area contributed by atoms with E-state index in [2.05, 4.69) is 12.1 Å². The van der Waals surface area contributed by atoms with Gasteiger partial charge in [-0.15, -0.1) is 0 Å². The summed E-state index contributed by atoms with van der Waals surface area (Å²) in [6.07, 6.45) is 1.27. The molecule has 3 rings (SSSR count). The first-order chi connectivity index (χ1) is 10.3. The number of benzene rings is 2. The first kappa shape index (κ1) is 14.1. The van der Waals surface area contributed by atoms with Crippen molar-refractivity contribution in [1.29, 1.82) is 0 Å². The molecule has 0 spiro atoms. The monoisotopic (exact) mass is 284 g/mol. The highest BCUT2D eigenvalue weighted by atomic mass is 16.5. The average molecular weight is 284 g/mol. The Morgan fingerprint density at radius 2 is 1.52 bits per heavy atom. The van der Waals surface area contributed by atoms with Gasteiger partial charge in [0.2, 0.25) is 0 Å². The topological polar surface area (TPSA) is 38.7 Å². The Labute approximate surface area is 125 Å². The predicted molar refractivity (Wildman–Crippen MR) is 82.4 cm³/mol. The summed E-state index contributed by atoms with van der Waals surface area (Å²) in [7, 11) is 0. The van der Waals surface area contributed by atoms with Crippen molar-refractivity contribution < 1.29 is 14.6 Å². The molecule has 0 atom stereocenters. The highest BCUT2D eigenvalue weighted by molar-refractivity contribution is 5.63. The Morgan fingerprint density at radius 3 is 2.19 bits per heavy atom. The van der Waals surface area contributed by atoms with E-state index in [-0.39, 0.29) is 0 Å². The van der Waals surface area contributed by atoms with Crippen LogP contribution >= 0.6 is 0 Å². The van der Waals surface area contributed by atoms with Crippen LogP contribution in [0.5, 0.6) is 5.75 Å². The van der Waals surface area contributed by atoms with Gasteiger partial charge in [0.1, 0.15) is 18.0 Å². The number of rotatable bonds is 4. The van der Waals surface area contributed by atoms with E-state index >= 15 is 0 Å². The molecule has 2 aromatic rings. The molecule has 21 heavy (non-hydrogen) atoms. The Hall–Kier alpha value is -1.84. The summed E-state index contributed by atoms with van der Waals surface area (Å²) in [4.78, 5) is 0. The number of hydrogen-bond donors (Lipinski definition) is 1. The van der Waals surface area contributed by atoms with E-state index in [0.29, 0.717) is 32.7 Å². The highest BCUT2D eigenvalue weighted by Crippen LogP contribution is 2.25. The van der Waals surface area contributed by atoms with E-state index < -0.39 is 5.60 Å². The van der Waals surface area contributed by atoms with Crippen LogP contribution in [-0.2, 0) is 4.74 Å². The van der Waals surface area contributed by atoms with Gasteiger partial charge in [-0.3, -0.25) is 0 Å². The molecule has 0 saturated carbocycles. The van der Waals surface area contributed by atoms with Gasteiger partial charge in [-0.25, -0.2) is 0 Å². The molecule has 0 radical (unpaired) electrons. The fourth-order valence-electron chi connectivity index (χ4n) is 2.49. The lowest BCUT2D eigenvalue weighted by Gasteiger charge is -2.31. The molecule has 0 unspecified atom stereocenters. The molecule has 1 aliphatic heterocycles.